The molecule has 2 heterocycles. The van der Waals surface area contributed by atoms with Crippen LogP contribution in [0.5, 0.6) is 5.75 Å². The zero-order valence-electron chi connectivity index (χ0n) is 11.0. The molecule has 3 rings (SSSR count). The topological polar surface area (TPSA) is 94.5 Å². The molecule has 108 valence electrons. The Bertz CT molecular complexity index is 723. The van der Waals surface area contributed by atoms with Gasteiger partial charge in [-0.25, -0.2) is 0 Å². The number of anilines is 1. The number of ether oxygens (including phenoxy) is 1. The van der Waals surface area contributed by atoms with E-state index in [4.69, 9.17) is 9.15 Å². The van der Waals surface area contributed by atoms with Gasteiger partial charge in [-0.1, -0.05) is 16.9 Å². The number of hydrogen-bond donors (Lipinski definition) is 1. The molecule has 8 nitrogen and oxygen atoms in total. The molecule has 21 heavy (non-hydrogen) atoms. The highest BCUT2D eigenvalue weighted by molar-refractivity contribution is 7.99. The minimum absolute atomic E-state index is 0.154. The molecule has 3 aromatic rings. The number of benzene rings is 1. The predicted molar refractivity (Wildman–Crippen MR) is 75.4 cm³/mol. The van der Waals surface area contributed by atoms with Crippen molar-refractivity contribution < 1.29 is 13.9 Å². The van der Waals surface area contributed by atoms with Gasteiger partial charge in [-0.3, -0.25) is 4.79 Å². The van der Waals surface area contributed by atoms with E-state index < -0.39 is 0 Å². The van der Waals surface area contributed by atoms with Gasteiger partial charge in [0.2, 0.25) is 5.91 Å². The molecule has 0 bridgehead atoms. The summed E-state index contributed by atoms with van der Waals surface area (Å²) in [5, 5.41) is 14.5. The number of hydrogen-bond acceptors (Lipinski definition) is 7. The SMILES string of the molecule is COc1ccc(NC(=O)CSc2nn3cnnc3o2)cc1. The van der Waals surface area contributed by atoms with Gasteiger partial charge >= 0.3 is 5.84 Å². The minimum Gasteiger partial charge on any atom is -0.497 e. The molecule has 0 aliphatic rings. The van der Waals surface area contributed by atoms with E-state index >= 15 is 0 Å². The van der Waals surface area contributed by atoms with Crippen molar-refractivity contribution in [3.63, 3.8) is 0 Å². The van der Waals surface area contributed by atoms with Crippen LogP contribution in [-0.4, -0.2) is 38.6 Å². The number of aromatic nitrogens is 4. The molecule has 0 aliphatic carbocycles. The summed E-state index contributed by atoms with van der Waals surface area (Å²) < 4.78 is 11.7. The lowest BCUT2D eigenvalue weighted by molar-refractivity contribution is -0.113. The third-order valence-electron chi connectivity index (χ3n) is 2.57. The molecule has 0 aliphatic heterocycles. The van der Waals surface area contributed by atoms with Crippen molar-refractivity contribution in [1.82, 2.24) is 19.8 Å². The third-order valence-corrected chi connectivity index (χ3v) is 3.39. The maximum Gasteiger partial charge on any atom is 0.345 e. The van der Waals surface area contributed by atoms with Crippen LogP contribution in [0.25, 0.3) is 5.84 Å². The molecule has 0 fully saturated rings. The van der Waals surface area contributed by atoms with Crippen molar-refractivity contribution in [1.29, 1.82) is 0 Å². The van der Waals surface area contributed by atoms with Gasteiger partial charge in [0.15, 0.2) is 0 Å². The summed E-state index contributed by atoms with van der Waals surface area (Å²) in [7, 11) is 1.59. The van der Waals surface area contributed by atoms with Crippen LogP contribution in [0.4, 0.5) is 5.69 Å². The lowest BCUT2D eigenvalue weighted by atomic mass is 10.3. The normalized spacial score (nSPS) is 10.7. The van der Waals surface area contributed by atoms with Crippen molar-refractivity contribution in [2.45, 2.75) is 5.22 Å². The van der Waals surface area contributed by atoms with Gasteiger partial charge in [-0.2, -0.15) is 4.52 Å². The van der Waals surface area contributed by atoms with E-state index in [0.29, 0.717) is 16.8 Å². The number of thioether (sulfide) groups is 1. The summed E-state index contributed by atoms with van der Waals surface area (Å²) in [4.78, 5) is 11.8. The van der Waals surface area contributed by atoms with E-state index in [2.05, 4.69) is 20.6 Å². The van der Waals surface area contributed by atoms with Gasteiger partial charge in [0.1, 0.15) is 12.1 Å². The number of carbonyl (C=O) groups excluding carboxylic acids is 1. The van der Waals surface area contributed by atoms with Crippen LogP contribution < -0.4 is 10.1 Å². The zero-order valence-corrected chi connectivity index (χ0v) is 11.8. The van der Waals surface area contributed by atoms with E-state index in [0.717, 1.165) is 5.75 Å². The molecule has 0 atom stereocenters. The summed E-state index contributed by atoms with van der Waals surface area (Å²) >= 11 is 1.18. The smallest absolute Gasteiger partial charge is 0.345 e. The minimum atomic E-state index is -0.154. The van der Waals surface area contributed by atoms with Crippen LogP contribution in [0.3, 0.4) is 0 Å². The summed E-state index contributed by atoms with van der Waals surface area (Å²) in [6.07, 6.45) is 1.43. The van der Waals surface area contributed by atoms with Gasteiger partial charge in [0.05, 0.1) is 12.9 Å². The quantitative estimate of drug-likeness (QED) is 0.713. The standard InChI is InChI=1S/C12H11N5O3S/c1-19-9-4-2-8(3-5-9)14-10(18)6-21-12-16-17-7-13-15-11(17)20-12/h2-5,7H,6H2,1H3,(H,14,18). The molecule has 0 saturated carbocycles. The molecule has 1 aromatic carbocycles. The summed E-state index contributed by atoms with van der Waals surface area (Å²) in [6.45, 7) is 0. The van der Waals surface area contributed by atoms with E-state index in [1.807, 2.05) is 0 Å². The molecule has 1 amide bonds. The second kappa shape index (κ2) is 5.83. The monoisotopic (exact) mass is 305 g/mol. The van der Waals surface area contributed by atoms with Gasteiger partial charge in [-0.05, 0) is 24.3 Å². The average Bonchev–Trinajstić information content (AvgIpc) is 3.07. The number of nitrogens with one attached hydrogen (secondary N) is 1. The van der Waals surface area contributed by atoms with Gasteiger partial charge in [0, 0.05) is 5.69 Å². The fourth-order valence-electron chi connectivity index (χ4n) is 1.60. The van der Waals surface area contributed by atoms with Crippen molar-refractivity contribution >= 4 is 29.2 Å². The van der Waals surface area contributed by atoms with Crippen LogP contribution >= 0.6 is 11.8 Å². The van der Waals surface area contributed by atoms with Crippen LogP contribution in [0.1, 0.15) is 0 Å². The lowest BCUT2D eigenvalue weighted by Gasteiger charge is -2.05. The van der Waals surface area contributed by atoms with Crippen molar-refractivity contribution in [2.24, 2.45) is 0 Å². The second-order valence-electron chi connectivity index (χ2n) is 3.99. The number of amides is 1. The maximum atomic E-state index is 11.8. The van der Waals surface area contributed by atoms with Gasteiger partial charge < -0.3 is 14.5 Å². The molecular formula is C12H11N5O3S. The fourth-order valence-corrected chi connectivity index (χ4v) is 2.20. The first-order valence-corrected chi connectivity index (χ1v) is 6.97. The zero-order chi connectivity index (χ0) is 14.7. The van der Waals surface area contributed by atoms with Crippen molar-refractivity contribution in [3.05, 3.63) is 30.6 Å². The Hall–Kier alpha value is -2.55. The summed E-state index contributed by atoms with van der Waals surface area (Å²) in [6, 6.07) is 7.09. The average molecular weight is 305 g/mol. The Morgan fingerprint density at radius 2 is 2.24 bits per heavy atom. The Kier molecular flexibility index (Phi) is 3.73. The highest BCUT2D eigenvalue weighted by atomic mass is 32.2. The molecule has 2 aromatic heterocycles. The Morgan fingerprint density at radius 1 is 1.43 bits per heavy atom. The number of carbonyl (C=O) groups is 1. The van der Waals surface area contributed by atoms with Gasteiger partial charge in [-0.15, -0.1) is 10.2 Å². The highest BCUT2D eigenvalue weighted by Gasteiger charge is 2.10. The maximum absolute atomic E-state index is 11.8. The predicted octanol–water partition coefficient (Wildman–Crippen LogP) is 1.46. The number of rotatable bonds is 5. The summed E-state index contributed by atoms with van der Waals surface area (Å²) in [5.74, 6) is 1.06. The first-order chi connectivity index (χ1) is 10.2. The van der Waals surface area contributed by atoms with Crippen molar-refractivity contribution in [3.8, 4) is 5.75 Å². The fraction of sp³-hybridized carbons (Fsp3) is 0.167. The van der Waals surface area contributed by atoms with Crippen molar-refractivity contribution in [2.75, 3.05) is 18.2 Å². The van der Waals surface area contributed by atoms with E-state index in [1.54, 1.807) is 31.4 Å². The third kappa shape index (κ3) is 3.14. The van der Waals surface area contributed by atoms with E-state index in [-0.39, 0.29) is 11.7 Å². The summed E-state index contributed by atoms with van der Waals surface area (Å²) in [5.41, 5.74) is 0.702. The van der Waals surface area contributed by atoms with Crippen LogP contribution in [0.15, 0.2) is 40.2 Å². The molecule has 9 heteroatoms. The Balaban J connectivity index is 1.54. The van der Waals surface area contributed by atoms with E-state index in [1.165, 1.54) is 22.6 Å². The number of nitrogens with zero attached hydrogens (tertiary/aromatic N) is 4. The van der Waals surface area contributed by atoms with Crippen LogP contribution in [0.2, 0.25) is 0 Å². The highest BCUT2D eigenvalue weighted by Crippen LogP contribution is 2.18. The van der Waals surface area contributed by atoms with Crippen LogP contribution in [0, 0.1) is 0 Å². The molecule has 0 saturated heterocycles. The molecule has 0 radical (unpaired) electrons. The lowest BCUT2D eigenvalue weighted by Crippen LogP contribution is -2.13. The number of fused-ring (bicyclic) bond motifs is 1. The largest absolute Gasteiger partial charge is 0.497 e. The second-order valence-corrected chi connectivity index (χ2v) is 4.92. The van der Waals surface area contributed by atoms with E-state index in [9.17, 15) is 4.79 Å². The molecule has 1 N–H and O–H groups in total. The Labute approximate surface area is 123 Å². The molecule has 0 unspecified atom stereocenters. The molecular weight excluding hydrogens is 294 g/mol. The van der Waals surface area contributed by atoms with Crippen LogP contribution in [-0.2, 0) is 4.79 Å². The first kappa shape index (κ1) is 13.4. The number of methoxy groups -OCH3 is 1. The molecule has 0 spiro atoms. The first-order valence-electron chi connectivity index (χ1n) is 5.98. The van der Waals surface area contributed by atoms with Gasteiger partial charge in [0.25, 0.3) is 5.22 Å². The Morgan fingerprint density at radius 3 is 2.95 bits per heavy atom.